The van der Waals surface area contributed by atoms with E-state index in [1.54, 1.807) is 18.6 Å². The van der Waals surface area contributed by atoms with Crippen LogP contribution in [0, 0.1) is 0 Å². The van der Waals surface area contributed by atoms with E-state index in [0.717, 1.165) is 23.6 Å². The molecule has 0 aliphatic heterocycles. The lowest BCUT2D eigenvalue weighted by Crippen LogP contribution is -2.22. The molecule has 0 fully saturated rings. The van der Waals surface area contributed by atoms with Crippen molar-refractivity contribution in [3.63, 3.8) is 0 Å². The normalized spacial score (nSPS) is 10.8. The van der Waals surface area contributed by atoms with Gasteiger partial charge in [-0.1, -0.05) is 25.4 Å². The number of ether oxygens (including phenoxy) is 1. The molecule has 4 nitrogen and oxygen atoms in total. The summed E-state index contributed by atoms with van der Waals surface area (Å²) in [5.41, 5.74) is 1.90. The lowest BCUT2D eigenvalue weighted by Gasteiger charge is -2.09. The number of nitrogens with zero attached hydrogens (tertiary/aromatic N) is 2. The van der Waals surface area contributed by atoms with Crippen LogP contribution in [-0.4, -0.2) is 16.0 Å². The summed E-state index contributed by atoms with van der Waals surface area (Å²) < 4.78 is 5.66. The van der Waals surface area contributed by atoms with Crippen LogP contribution in [0.2, 0.25) is 5.02 Å². The van der Waals surface area contributed by atoms with Crippen LogP contribution in [0.25, 0.3) is 0 Å². The molecule has 0 bridgehead atoms. The van der Waals surface area contributed by atoms with Crippen molar-refractivity contribution in [2.24, 2.45) is 0 Å². The Morgan fingerprint density at radius 3 is 2.75 bits per heavy atom. The Morgan fingerprint density at radius 1 is 1.25 bits per heavy atom. The SMILES string of the molecule is CC(C)NCc1ccc(OCc2ccncc2Cl)cn1. The summed E-state index contributed by atoms with van der Waals surface area (Å²) in [6, 6.07) is 6.16. The molecule has 2 heterocycles. The second-order valence-corrected chi connectivity index (χ2v) is 5.18. The second-order valence-electron chi connectivity index (χ2n) is 4.78. The van der Waals surface area contributed by atoms with Crippen LogP contribution in [0.5, 0.6) is 5.75 Å². The lowest BCUT2D eigenvalue weighted by atomic mass is 10.3. The van der Waals surface area contributed by atoms with Crippen molar-refractivity contribution >= 4 is 11.6 Å². The van der Waals surface area contributed by atoms with Gasteiger partial charge in [-0.25, -0.2) is 0 Å². The molecule has 1 N–H and O–H groups in total. The third-order valence-electron chi connectivity index (χ3n) is 2.74. The van der Waals surface area contributed by atoms with Crippen LogP contribution in [0.15, 0.2) is 36.8 Å². The van der Waals surface area contributed by atoms with Crippen molar-refractivity contribution in [3.8, 4) is 5.75 Å². The molecule has 0 atom stereocenters. The molecular formula is C15H18ClN3O. The van der Waals surface area contributed by atoms with Gasteiger partial charge in [0.25, 0.3) is 0 Å². The molecule has 2 rings (SSSR count). The fraction of sp³-hybridized carbons (Fsp3) is 0.333. The molecule has 2 aromatic rings. The predicted molar refractivity (Wildman–Crippen MR) is 79.8 cm³/mol. The summed E-state index contributed by atoms with van der Waals surface area (Å²) in [7, 11) is 0. The average Bonchev–Trinajstić information content (AvgIpc) is 2.45. The van der Waals surface area contributed by atoms with Crippen LogP contribution < -0.4 is 10.1 Å². The van der Waals surface area contributed by atoms with E-state index in [0.29, 0.717) is 17.7 Å². The summed E-state index contributed by atoms with van der Waals surface area (Å²) in [4.78, 5) is 8.29. The number of rotatable bonds is 6. The number of halogens is 1. The Morgan fingerprint density at radius 2 is 2.10 bits per heavy atom. The smallest absolute Gasteiger partial charge is 0.138 e. The van der Waals surface area contributed by atoms with E-state index in [9.17, 15) is 0 Å². The van der Waals surface area contributed by atoms with Gasteiger partial charge >= 0.3 is 0 Å². The molecule has 0 radical (unpaired) electrons. The lowest BCUT2D eigenvalue weighted by molar-refractivity contribution is 0.304. The number of hydrogen-bond acceptors (Lipinski definition) is 4. The largest absolute Gasteiger partial charge is 0.487 e. The Hall–Kier alpha value is -1.65. The Bertz CT molecular complexity index is 543. The highest BCUT2D eigenvalue weighted by molar-refractivity contribution is 6.31. The van der Waals surface area contributed by atoms with Crippen molar-refractivity contribution in [2.45, 2.75) is 33.0 Å². The van der Waals surface area contributed by atoms with E-state index in [1.807, 2.05) is 18.2 Å². The Labute approximate surface area is 124 Å². The molecule has 0 aromatic carbocycles. The van der Waals surface area contributed by atoms with Crippen molar-refractivity contribution in [2.75, 3.05) is 0 Å². The van der Waals surface area contributed by atoms with Crippen molar-refractivity contribution in [3.05, 3.63) is 53.1 Å². The van der Waals surface area contributed by atoms with E-state index < -0.39 is 0 Å². The molecule has 0 spiro atoms. The van der Waals surface area contributed by atoms with Gasteiger partial charge in [0.05, 0.1) is 16.9 Å². The average molecular weight is 292 g/mol. The van der Waals surface area contributed by atoms with Gasteiger partial charge < -0.3 is 10.1 Å². The zero-order valence-electron chi connectivity index (χ0n) is 11.6. The van der Waals surface area contributed by atoms with Gasteiger partial charge in [-0.05, 0) is 18.2 Å². The fourth-order valence-electron chi connectivity index (χ4n) is 1.59. The highest BCUT2D eigenvalue weighted by Gasteiger charge is 2.02. The van der Waals surface area contributed by atoms with Crippen molar-refractivity contribution in [1.82, 2.24) is 15.3 Å². The van der Waals surface area contributed by atoms with Crippen LogP contribution in [0.1, 0.15) is 25.1 Å². The molecule has 20 heavy (non-hydrogen) atoms. The standard InChI is InChI=1S/C15H18ClN3O/c1-11(2)18-7-13-3-4-14(8-19-13)20-10-12-5-6-17-9-15(12)16/h3-6,8-9,11,18H,7,10H2,1-2H3. The Kier molecular flexibility index (Phi) is 5.32. The molecule has 0 saturated carbocycles. The third-order valence-corrected chi connectivity index (χ3v) is 3.08. The number of pyridine rings is 2. The minimum atomic E-state index is 0.409. The molecule has 0 saturated heterocycles. The zero-order valence-corrected chi connectivity index (χ0v) is 12.4. The van der Waals surface area contributed by atoms with Crippen LogP contribution in [-0.2, 0) is 13.2 Å². The van der Waals surface area contributed by atoms with Crippen molar-refractivity contribution < 1.29 is 4.74 Å². The van der Waals surface area contributed by atoms with Gasteiger partial charge in [-0.2, -0.15) is 0 Å². The van der Waals surface area contributed by atoms with Crippen LogP contribution >= 0.6 is 11.6 Å². The van der Waals surface area contributed by atoms with Gasteiger partial charge in [0.2, 0.25) is 0 Å². The molecule has 2 aromatic heterocycles. The second kappa shape index (κ2) is 7.22. The van der Waals surface area contributed by atoms with Crippen LogP contribution in [0.3, 0.4) is 0 Å². The van der Waals surface area contributed by atoms with Gasteiger partial charge in [0.1, 0.15) is 12.4 Å². The fourth-order valence-corrected chi connectivity index (χ4v) is 1.77. The van der Waals surface area contributed by atoms with E-state index in [-0.39, 0.29) is 0 Å². The zero-order chi connectivity index (χ0) is 14.4. The van der Waals surface area contributed by atoms with Gasteiger partial charge in [-0.3, -0.25) is 9.97 Å². The van der Waals surface area contributed by atoms with Crippen molar-refractivity contribution in [1.29, 1.82) is 0 Å². The first-order valence-electron chi connectivity index (χ1n) is 6.54. The molecule has 5 heteroatoms. The highest BCUT2D eigenvalue weighted by atomic mass is 35.5. The minimum absolute atomic E-state index is 0.409. The summed E-state index contributed by atoms with van der Waals surface area (Å²) in [6.45, 7) is 5.38. The van der Waals surface area contributed by atoms with Crippen LogP contribution in [0.4, 0.5) is 0 Å². The first kappa shape index (κ1) is 14.8. The minimum Gasteiger partial charge on any atom is -0.487 e. The first-order valence-corrected chi connectivity index (χ1v) is 6.92. The molecule has 0 amide bonds. The monoisotopic (exact) mass is 291 g/mol. The predicted octanol–water partition coefficient (Wildman–Crippen LogP) is 3.21. The number of nitrogens with one attached hydrogen (secondary N) is 1. The van der Waals surface area contributed by atoms with E-state index in [2.05, 4.69) is 29.1 Å². The van der Waals surface area contributed by atoms with E-state index >= 15 is 0 Å². The summed E-state index contributed by atoms with van der Waals surface area (Å²) in [5, 5.41) is 3.93. The quantitative estimate of drug-likeness (QED) is 0.888. The molecule has 0 aliphatic carbocycles. The first-order chi connectivity index (χ1) is 9.65. The summed E-state index contributed by atoms with van der Waals surface area (Å²) >= 11 is 6.02. The topological polar surface area (TPSA) is 47.0 Å². The maximum absolute atomic E-state index is 6.02. The maximum atomic E-state index is 6.02. The highest BCUT2D eigenvalue weighted by Crippen LogP contribution is 2.17. The van der Waals surface area contributed by atoms with E-state index in [4.69, 9.17) is 16.3 Å². The maximum Gasteiger partial charge on any atom is 0.138 e. The van der Waals surface area contributed by atoms with Gasteiger partial charge in [0.15, 0.2) is 0 Å². The summed E-state index contributed by atoms with van der Waals surface area (Å²) in [6.07, 6.45) is 5.04. The molecule has 0 aliphatic rings. The molecular weight excluding hydrogens is 274 g/mol. The van der Waals surface area contributed by atoms with E-state index in [1.165, 1.54) is 0 Å². The molecule has 0 unspecified atom stereocenters. The third kappa shape index (κ3) is 4.47. The number of aromatic nitrogens is 2. The molecule has 106 valence electrons. The summed E-state index contributed by atoms with van der Waals surface area (Å²) in [5.74, 6) is 0.728. The Balaban J connectivity index is 1.89. The number of hydrogen-bond donors (Lipinski definition) is 1. The van der Waals surface area contributed by atoms with Gasteiger partial charge in [0, 0.05) is 30.5 Å². The van der Waals surface area contributed by atoms with Gasteiger partial charge in [-0.15, -0.1) is 0 Å².